The number of ether oxygens (including phenoxy) is 1. The molecule has 1 N–H and O–H groups in total. The van der Waals surface area contributed by atoms with Crippen molar-refractivity contribution in [2.75, 3.05) is 13.2 Å². The molecule has 76 valence electrons. The Balaban J connectivity index is 1.94. The van der Waals surface area contributed by atoms with Gasteiger partial charge in [0.1, 0.15) is 5.69 Å². The lowest BCUT2D eigenvalue weighted by Gasteiger charge is -2.26. The molecule has 4 heteroatoms. The van der Waals surface area contributed by atoms with Gasteiger partial charge in [-0.15, -0.1) is 0 Å². The monoisotopic (exact) mass is 195 g/mol. The van der Waals surface area contributed by atoms with Gasteiger partial charge in [-0.3, -0.25) is 0 Å². The summed E-state index contributed by atoms with van der Waals surface area (Å²) in [5, 5.41) is 8.85. The predicted molar refractivity (Wildman–Crippen MR) is 50.3 cm³/mol. The maximum atomic E-state index is 10.8. The van der Waals surface area contributed by atoms with Crippen LogP contribution in [0.3, 0.4) is 0 Å². The SMILES string of the molecule is O=C(O)c1cccn1CCC1COC1. The maximum Gasteiger partial charge on any atom is 0.352 e. The Kier molecular flexibility index (Phi) is 2.54. The zero-order valence-electron chi connectivity index (χ0n) is 7.85. The van der Waals surface area contributed by atoms with E-state index < -0.39 is 5.97 Å². The predicted octanol–water partition coefficient (Wildman–Crippen LogP) is 1.22. The van der Waals surface area contributed by atoms with Crippen LogP contribution in [0.25, 0.3) is 0 Å². The number of carboxylic acids is 1. The van der Waals surface area contributed by atoms with Crippen molar-refractivity contribution in [3.63, 3.8) is 0 Å². The van der Waals surface area contributed by atoms with Crippen LogP contribution in [0.4, 0.5) is 0 Å². The fourth-order valence-corrected chi connectivity index (χ4v) is 1.58. The van der Waals surface area contributed by atoms with Gasteiger partial charge in [-0.05, 0) is 18.6 Å². The molecule has 1 aliphatic rings. The van der Waals surface area contributed by atoms with Crippen LogP contribution in [0.5, 0.6) is 0 Å². The number of carbonyl (C=O) groups is 1. The Morgan fingerprint density at radius 1 is 1.64 bits per heavy atom. The highest BCUT2D eigenvalue weighted by Crippen LogP contribution is 2.16. The van der Waals surface area contributed by atoms with Crippen molar-refractivity contribution in [2.24, 2.45) is 5.92 Å². The van der Waals surface area contributed by atoms with Gasteiger partial charge in [-0.2, -0.15) is 0 Å². The molecule has 0 amide bonds. The number of hydrogen-bond donors (Lipinski definition) is 1. The third kappa shape index (κ3) is 1.80. The Bertz CT molecular complexity index is 328. The van der Waals surface area contributed by atoms with Crippen LogP contribution in [0.2, 0.25) is 0 Å². The Morgan fingerprint density at radius 3 is 3.00 bits per heavy atom. The van der Waals surface area contributed by atoms with Gasteiger partial charge in [0.05, 0.1) is 13.2 Å². The van der Waals surface area contributed by atoms with Crippen LogP contribution >= 0.6 is 0 Å². The fraction of sp³-hybridized carbons (Fsp3) is 0.500. The molecular formula is C10H13NO3. The maximum absolute atomic E-state index is 10.8. The summed E-state index contributed by atoms with van der Waals surface area (Å²) in [7, 11) is 0. The summed E-state index contributed by atoms with van der Waals surface area (Å²) in [5.74, 6) is -0.251. The first-order chi connectivity index (χ1) is 6.77. The second-order valence-corrected chi connectivity index (χ2v) is 3.58. The van der Waals surface area contributed by atoms with Gasteiger partial charge < -0.3 is 14.4 Å². The van der Waals surface area contributed by atoms with E-state index in [1.165, 1.54) is 0 Å². The average Bonchev–Trinajstić information content (AvgIpc) is 2.49. The van der Waals surface area contributed by atoms with E-state index in [1.807, 2.05) is 6.20 Å². The van der Waals surface area contributed by atoms with Gasteiger partial charge in [-0.1, -0.05) is 0 Å². The highest BCUT2D eigenvalue weighted by atomic mass is 16.5. The van der Waals surface area contributed by atoms with Gasteiger partial charge in [-0.25, -0.2) is 4.79 Å². The summed E-state index contributed by atoms with van der Waals surface area (Å²) < 4.78 is 6.84. The smallest absolute Gasteiger partial charge is 0.352 e. The van der Waals surface area contributed by atoms with Crippen molar-refractivity contribution in [2.45, 2.75) is 13.0 Å². The number of aromatic nitrogens is 1. The van der Waals surface area contributed by atoms with Gasteiger partial charge >= 0.3 is 5.97 Å². The molecule has 1 saturated heterocycles. The third-order valence-electron chi connectivity index (χ3n) is 2.53. The van der Waals surface area contributed by atoms with Crippen LogP contribution in [-0.4, -0.2) is 28.9 Å². The molecule has 1 aliphatic heterocycles. The van der Waals surface area contributed by atoms with Crippen LogP contribution in [0.1, 0.15) is 16.9 Å². The zero-order chi connectivity index (χ0) is 9.97. The van der Waals surface area contributed by atoms with Gasteiger partial charge in [0, 0.05) is 18.7 Å². The molecule has 0 aliphatic carbocycles. The fourth-order valence-electron chi connectivity index (χ4n) is 1.58. The summed E-state index contributed by atoms with van der Waals surface area (Å²) >= 11 is 0. The van der Waals surface area contributed by atoms with Crippen LogP contribution in [0, 0.1) is 5.92 Å². The van der Waals surface area contributed by atoms with E-state index in [0.29, 0.717) is 11.6 Å². The molecule has 0 saturated carbocycles. The first-order valence-corrected chi connectivity index (χ1v) is 4.73. The molecule has 0 radical (unpaired) electrons. The Labute approximate surface area is 82.1 Å². The summed E-state index contributed by atoms with van der Waals surface area (Å²) in [4.78, 5) is 10.8. The van der Waals surface area contributed by atoms with Gasteiger partial charge in [0.25, 0.3) is 0 Å². The molecule has 0 aromatic carbocycles. The molecule has 4 nitrogen and oxygen atoms in total. The van der Waals surface area contributed by atoms with E-state index in [-0.39, 0.29) is 0 Å². The number of carboxylic acid groups (broad SMARTS) is 1. The van der Waals surface area contributed by atoms with Gasteiger partial charge in [0.15, 0.2) is 0 Å². The number of nitrogens with zero attached hydrogens (tertiary/aromatic N) is 1. The molecule has 0 atom stereocenters. The van der Waals surface area contributed by atoms with E-state index in [0.717, 1.165) is 26.2 Å². The van der Waals surface area contributed by atoms with Crippen LogP contribution in [-0.2, 0) is 11.3 Å². The summed E-state index contributed by atoms with van der Waals surface area (Å²) in [5.41, 5.74) is 0.366. The molecule has 0 bridgehead atoms. The van der Waals surface area contributed by atoms with Crippen molar-refractivity contribution in [3.05, 3.63) is 24.0 Å². The van der Waals surface area contributed by atoms with Crippen molar-refractivity contribution in [1.29, 1.82) is 0 Å². The lowest BCUT2D eigenvalue weighted by Crippen LogP contribution is -2.28. The quantitative estimate of drug-likeness (QED) is 0.786. The highest BCUT2D eigenvalue weighted by molar-refractivity contribution is 5.85. The molecule has 2 rings (SSSR count). The molecule has 14 heavy (non-hydrogen) atoms. The van der Waals surface area contributed by atoms with E-state index in [9.17, 15) is 4.79 Å². The molecule has 0 unspecified atom stereocenters. The minimum absolute atomic E-state index is 0.366. The molecular weight excluding hydrogens is 182 g/mol. The Hall–Kier alpha value is -1.29. The topological polar surface area (TPSA) is 51.5 Å². The van der Waals surface area contributed by atoms with Gasteiger partial charge in [0.2, 0.25) is 0 Å². The molecule has 1 aromatic rings. The Morgan fingerprint density at radius 2 is 2.43 bits per heavy atom. The first kappa shape index (κ1) is 9.27. The number of rotatable bonds is 4. The minimum Gasteiger partial charge on any atom is -0.477 e. The second kappa shape index (κ2) is 3.84. The number of aromatic carboxylic acids is 1. The third-order valence-corrected chi connectivity index (χ3v) is 2.53. The van der Waals surface area contributed by atoms with Crippen molar-refractivity contribution in [1.82, 2.24) is 4.57 Å². The van der Waals surface area contributed by atoms with Crippen molar-refractivity contribution < 1.29 is 14.6 Å². The number of aryl methyl sites for hydroxylation is 1. The van der Waals surface area contributed by atoms with E-state index in [4.69, 9.17) is 9.84 Å². The largest absolute Gasteiger partial charge is 0.477 e. The second-order valence-electron chi connectivity index (χ2n) is 3.58. The number of hydrogen-bond acceptors (Lipinski definition) is 2. The standard InChI is InChI=1S/C10H13NO3/c12-10(13)9-2-1-4-11(9)5-3-8-6-14-7-8/h1-2,4,8H,3,5-7H2,(H,12,13). The summed E-state index contributed by atoms with van der Waals surface area (Å²) in [6, 6.07) is 3.39. The molecule has 1 fully saturated rings. The average molecular weight is 195 g/mol. The molecule has 0 spiro atoms. The first-order valence-electron chi connectivity index (χ1n) is 4.73. The lowest BCUT2D eigenvalue weighted by atomic mass is 10.0. The normalized spacial score (nSPS) is 16.6. The zero-order valence-corrected chi connectivity index (χ0v) is 7.85. The van der Waals surface area contributed by atoms with E-state index in [1.54, 1.807) is 16.7 Å². The van der Waals surface area contributed by atoms with Crippen molar-refractivity contribution >= 4 is 5.97 Å². The van der Waals surface area contributed by atoms with Crippen molar-refractivity contribution in [3.8, 4) is 0 Å². The summed E-state index contributed by atoms with van der Waals surface area (Å²) in [6.07, 6.45) is 2.80. The van der Waals surface area contributed by atoms with E-state index >= 15 is 0 Å². The van der Waals surface area contributed by atoms with Crippen LogP contribution in [0.15, 0.2) is 18.3 Å². The molecule has 1 aromatic heterocycles. The minimum atomic E-state index is -0.861. The lowest BCUT2D eigenvalue weighted by molar-refractivity contribution is -0.0372. The summed E-state index contributed by atoms with van der Waals surface area (Å²) in [6.45, 7) is 2.41. The van der Waals surface area contributed by atoms with Crippen LogP contribution < -0.4 is 0 Å². The highest BCUT2D eigenvalue weighted by Gasteiger charge is 2.18. The molecule has 2 heterocycles. The van der Waals surface area contributed by atoms with E-state index in [2.05, 4.69) is 0 Å².